The lowest BCUT2D eigenvalue weighted by Gasteiger charge is -2.31. The van der Waals surface area contributed by atoms with Gasteiger partial charge in [0.15, 0.2) is 0 Å². The number of hydrogen-bond donors (Lipinski definition) is 1. The van der Waals surface area contributed by atoms with Gasteiger partial charge in [0.2, 0.25) is 10.0 Å². The Balaban J connectivity index is 1.47. The van der Waals surface area contributed by atoms with Crippen LogP contribution in [-0.2, 0) is 16.6 Å². The zero-order valence-corrected chi connectivity index (χ0v) is 16.4. The average Bonchev–Trinajstić information content (AvgIpc) is 2.70. The van der Waals surface area contributed by atoms with E-state index in [9.17, 15) is 8.42 Å². The van der Waals surface area contributed by atoms with Crippen LogP contribution in [0.2, 0.25) is 0 Å². The largest absolute Gasteiger partial charge is 0.329 e. The molecule has 5 heteroatoms. The van der Waals surface area contributed by atoms with Crippen LogP contribution in [0.4, 0.5) is 0 Å². The smallest absolute Gasteiger partial charge is 0.243 e. The number of fused-ring (bicyclic) bond motifs is 1. The summed E-state index contributed by atoms with van der Waals surface area (Å²) in [6.45, 7) is 5.89. The van der Waals surface area contributed by atoms with Gasteiger partial charge in [-0.1, -0.05) is 54.6 Å². The molecule has 4 rings (SSSR count). The molecule has 140 valence electrons. The Morgan fingerprint density at radius 3 is 2.30 bits per heavy atom. The normalized spacial score (nSPS) is 16.6. The maximum absolute atomic E-state index is 13.1. The Morgan fingerprint density at radius 1 is 0.889 bits per heavy atom. The van der Waals surface area contributed by atoms with Gasteiger partial charge in [-0.15, -0.1) is 0 Å². The van der Waals surface area contributed by atoms with Crippen molar-refractivity contribution >= 4 is 20.8 Å². The molecular formula is C22H25N2O2S+. The fraction of sp³-hybridized carbons (Fsp3) is 0.273. The minimum atomic E-state index is -3.44. The van der Waals surface area contributed by atoms with Crippen LogP contribution in [0.25, 0.3) is 10.8 Å². The summed E-state index contributed by atoms with van der Waals surface area (Å²) in [5.41, 5.74) is 2.65. The average molecular weight is 382 g/mol. The Bertz CT molecular complexity index is 1050. The third-order valence-electron chi connectivity index (χ3n) is 5.49. The van der Waals surface area contributed by atoms with Crippen molar-refractivity contribution in [3.8, 4) is 0 Å². The lowest BCUT2D eigenvalue weighted by molar-refractivity contribution is -0.917. The van der Waals surface area contributed by atoms with E-state index in [1.807, 2.05) is 30.3 Å². The molecule has 1 saturated heterocycles. The third kappa shape index (κ3) is 3.76. The summed E-state index contributed by atoms with van der Waals surface area (Å²) in [7, 11) is -3.44. The molecule has 4 nitrogen and oxygen atoms in total. The number of nitrogens with zero attached hydrogens (tertiary/aromatic N) is 1. The third-order valence-corrected chi connectivity index (χ3v) is 7.38. The van der Waals surface area contributed by atoms with E-state index in [1.54, 1.807) is 16.4 Å². The molecule has 27 heavy (non-hydrogen) atoms. The second kappa shape index (κ2) is 7.43. The molecule has 0 atom stereocenters. The maximum atomic E-state index is 13.1. The molecule has 0 unspecified atom stereocenters. The van der Waals surface area contributed by atoms with Crippen LogP contribution >= 0.6 is 0 Å². The number of piperazine rings is 1. The molecule has 3 aromatic rings. The van der Waals surface area contributed by atoms with E-state index in [1.165, 1.54) is 16.0 Å². The van der Waals surface area contributed by atoms with Gasteiger partial charge in [-0.25, -0.2) is 8.42 Å². The van der Waals surface area contributed by atoms with Crippen LogP contribution in [0.1, 0.15) is 11.1 Å². The van der Waals surface area contributed by atoms with E-state index in [0.29, 0.717) is 18.0 Å². The molecule has 0 spiro atoms. The van der Waals surface area contributed by atoms with Crippen molar-refractivity contribution in [3.05, 3.63) is 77.9 Å². The number of sulfonamides is 1. The van der Waals surface area contributed by atoms with Crippen LogP contribution in [0.5, 0.6) is 0 Å². The monoisotopic (exact) mass is 381 g/mol. The van der Waals surface area contributed by atoms with Gasteiger partial charge >= 0.3 is 0 Å². The van der Waals surface area contributed by atoms with E-state index in [4.69, 9.17) is 0 Å². The predicted molar refractivity (Wildman–Crippen MR) is 108 cm³/mol. The summed E-state index contributed by atoms with van der Waals surface area (Å²) in [6.07, 6.45) is 0. The number of hydrogen-bond acceptors (Lipinski definition) is 2. The van der Waals surface area contributed by atoms with Gasteiger partial charge in [0.1, 0.15) is 6.54 Å². The molecule has 0 aliphatic carbocycles. The van der Waals surface area contributed by atoms with Crippen LogP contribution < -0.4 is 4.90 Å². The summed E-state index contributed by atoms with van der Waals surface area (Å²) >= 11 is 0. The van der Waals surface area contributed by atoms with Crippen molar-refractivity contribution in [2.75, 3.05) is 26.2 Å². The maximum Gasteiger partial charge on any atom is 0.243 e. The minimum Gasteiger partial charge on any atom is -0.329 e. The van der Waals surface area contributed by atoms with E-state index in [2.05, 4.69) is 31.2 Å². The van der Waals surface area contributed by atoms with Crippen LogP contribution in [-0.4, -0.2) is 38.9 Å². The zero-order chi connectivity index (χ0) is 18.9. The number of quaternary nitrogens is 1. The molecule has 1 heterocycles. The lowest BCUT2D eigenvalue weighted by Crippen LogP contribution is -3.13. The number of rotatable bonds is 4. The first kappa shape index (κ1) is 18.2. The Hall–Kier alpha value is -2.21. The zero-order valence-electron chi connectivity index (χ0n) is 15.6. The fourth-order valence-corrected chi connectivity index (χ4v) is 5.25. The van der Waals surface area contributed by atoms with Crippen molar-refractivity contribution in [1.29, 1.82) is 0 Å². The van der Waals surface area contributed by atoms with Crippen molar-refractivity contribution in [2.45, 2.75) is 18.4 Å². The SMILES string of the molecule is Cc1ccccc1C[NH+]1CCN(S(=O)(=O)c2ccc3ccccc3c2)CC1. The van der Waals surface area contributed by atoms with Gasteiger partial charge in [-0.3, -0.25) is 0 Å². The van der Waals surface area contributed by atoms with Crippen LogP contribution in [0.3, 0.4) is 0 Å². The molecule has 1 N–H and O–H groups in total. The Labute approximate surface area is 161 Å². The molecule has 0 bridgehead atoms. The van der Waals surface area contributed by atoms with E-state index < -0.39 is 10.0 Å². The summed E-state index contributed by atoms with van der Waals surface area (Å²) in [6, 6.07) is 21.7. The number of aryl methyl sites for hydroxylation is 1. The van der Waals surface area contributed by atoms with Crippen molar-refractivity contribution < 1.29 is 13.3 Å². The quantitative estimate of drug-likeness (QED) is 0.753. The van der Waals surface area contributed by atoms with Crippen LogP contribution in [0, 0.1) is 6.92 Å². The lowest BCUT2D eigenvalue weighted by atomic mass is 10.1. The van der Waals surface area contributed by atoms with Gasteiger partial charge in [0.05, 0.1) is 31.1 Å². The van der Waals surface area contributed by atoms with Crippen molar-refractivity contribution in [3.63, 3.8) is 0 Å². The molecule has 1 fully saturated rings. The van der Waals surface area contributed by atoms with Crippen molar-refractivity contribution in [1.82, 2.24) is 4.31 Å². The molecule has 0 amide bonds. The second-order valence-electron chi connectivity index (χ2n) is 7.27. The van der Waals surface area contributed by atoms with Crippen molar-refractivity contribution in [2.24, 2.45) is 0 Å². The topological polar surface area (TPSA) is 41.8 Å². The fourth-order valence-electron chi connectivity index (χ4n) is 3.77. The summed E-state index contributed by atoms with van der Waals surface area (Å²) in [5, 5.41) is 2.02. The molecule has 0 radical (unpaired) electrons. The first-order valence-electron chi connectivity index (χ1n) is 9.41. The highest BCUT2D eigenvalue weighted by molar-refractivity contribution is 7.89. The predicted octanol–water partition coefficient (Wildman–Crippen LogP) is 2.24. The molecule has 1 aliphatic rings. The van der Waals surface area contributed by atoms with Gasteiger partial charge in [0, 0.05) is 5.56 Å². The number of nitrogens with one attached hydrogen (secondary N) is 1. The summed E-state index contributed by atoms with van der Waals surface area (Å²) in [4.78, 5) is 1.83. The molecule has 3 aromatic carbocycles. The standard InChI is InChI=1S/C22H24N2O2S/c1-18-6-2-3-9-21(18)17-23-12-14-24(15-13-23)27(25,26)22-11-10-19-7-4-5-8-20(19)16-22/h2-11,16H,12-15,17H2,1H3/p+1. The highest BCUT2D eigenvalue weighted by Gasteiger charge is 2.30. The summed E-state index contributed by atoms with van der Waals surface area (Å²) in [5.74, 6) is 0. The molecule has 1 aliphatic heterocycles. The molecule has 0 saturated carbocycles. The summed E-state index contributed by atoms with van der Waals surface area (Å²) < 4.78 is 27.8. The highest BCUT2D eigenvalue weighted by Crippen LogP contribution is 2.22. The number of benzene rings is 3. The van der Waals surface area contributed by atoms with Gasteiger partial charge in [-0.05, 0) is 35.4 Å². The first-order chi connectivity index (χ1) is 13.0. The molecular weight excluding hydrogens is 356 g/mol. The molecule has 0 aromatic heterocycles. The second-order valence-corrected chi connectivity index (χ2v) is 9.20. The van der Waals surface area contributed by atoms with E-state index >= 15 is 0 Å². The van der Waals surface area contributed by atoms with Gasteiger partial charge in [0.25, 0.3) is 0 Å². The first-order valence-corrected chi connectivity index (χ1v) is 10.8. The van der Waals surface area contributed by atoms with Gasteiger partial charge < -0.3 is 4.90 Å². The highest BCUT2D eigenvalue weighted by atomic mass is 32.2. The Morgan fingerprint density at radius 2 is 1.56 bits per heavy atom. The van der Waals surface area contributed by atoms with E-state index in [-0.39, 0.29) is 0 Å². The van der Waals surface area contributed by atoms with E-state index in [0.717, 1.165) is 30.4 Å². The van der Waals surface area contributed by atoms with Crippen LogP contribution in [0.15, 0.2) is 71.6 Å². The van der Waals surface area contributed by atoms with Gasteiger partial charge in [-0.2, -0.15) is 4.31 Å². The Kier molecular flexibility index (Phi) is 5.00. The minimum absolute atomic E-state index is 0.392.